The number of fused-ring (bicyclic) bond motifs is 4. The number of imide groups is 2. The number of carbonyl (C=O) groups is 5. The van der Waals surface area contributed by atoms with E-state index in [0.717, 1.165) is 9.91 Å². The number of phenolic OH excluding ortho intramolecular Hbond substituents is 1. The Balaban J connectivity index is 1.32. The largest absolute Gasteiger partial charge is 0.503 e. The van der Waals surface area contributed by atoms with Crippen LogP contribution in [-0.2, 0) is 24.6 Å². The molecule has 6 unspecified atom stereocenters. The van der Waals surface area contributed by atoms with Gasteiger partial charge in [0.25, 0.3) is 11.8 Å². The van der Waals surface area contributed by atoms with Gasteiger partial charge >= 0.3 is 0 Å². The fourth-order valence-electron chi connectivity index (χ4n) is 9.05. The number of hydrogen-bond donors (Lipinski definition) is 2. The molecule has 4 amide bonds. The van der Waals surface area contributed by atoms with Gasteiger partial charge in [-0.25, -0.2) is 4.39 Å². The van der Waals surface area contributed by atoms with E-state index in [0.29, 0.717) is 38.7 Å². The third-order valence-electron chi connectivity index (χ3n) is 11.4. The smallest absolute Gasteiger partial charge is 0.260 e. The maximum absolute atomic E-state index is 15.3. The van der Waals surface area contributed by atoms with E-state index in [2.05, 4.69) is 21.4 Å². The lowest BCUT2D eigenvalue weighted by Crippen LogP contribution is -2.53. The number of anilines is 2. The number of nitrogens with one attached hydrogen (secondary N) is 1. The first kappa shape index (κ1) is 35.7. The molecular weight excluding hydrogens is 781 g/mol. The van der Waals surface area contributed by atoms with Crippen LogP contribution in [0.15, 0.2) is 101 Å². The fraction of sp³-hybridized carbons (Fsp3) is 0.244. The number of rotatable bonds is 7. The molecule has 0 aromatic heterocycles. The summed E-state index contributed by atoms with van der Waals surface area (Å²) in [5.41, 5.74) is 4.09. The Morgan fingerprint density at radius 1 is 0.944 bits per heavy atom. The minimum atomic E-state index is -1.61. The highest BCUT2D eigenvalue weighted by Crippen LogP contribution is 2.64. The lowest BCUT2D eigenvalue weighted by molar-refractivity contribution is -0.138. The molecule has 8 rings (SSSR count). The van der Waals surface area contributed by atoms with Crippen LogP contribution in [-0.4, -0.2) is 46.6 Å². The van der Waals surface area contributed by atoms with Crippen LogP contribution >= 0.6 is 27.5 Å². The summed E-state index contributed by atoms with van der Waals surface area (Å²) in [6, 6.07) is 21.6. The standard InChI is InChI=1S/C41H32BrClFN3O7/c1-20(48)21-3-13-27(14-4-21)46-37(50)29-16-15-28-30(34(29)39(46)52)19-31-38(51)47(45-26-11-9-25(44)10-12-26)40(53)41(31,23-5-7-24(43)8-6-23)35(28)22-17-32(42)36(49)33(18-22)54-2/h3-15,17-18,29-31,34-35,45,49H,16,19H2,1-2H3. The molecule has 2 heterocycles. The van der Waals surface area contributed by atoms with Crippen molar-refractivity contribution >= 4 is 68.3 Å². The summed E-state index contributed by atoms with van der Waals surface area (Å²) < 4.78 is 19.7. The van der Waals surface area contributed by atoms with Crippen LogP contribution in [0.4, 0.5) is 15.8 Å². The summed E-state index contributed by atoms with van der Waals surface area (Å²) in [7, 11) is 1.40. The average Bonchev–Trinajstić information content (AvgIpc) is 3.54. The molecule has 2 aliphatic carbocycles. The number of hydrogen-bond acceptors (Lipinski definition) is 8. The van der Waals surface area contributed by atoms with Gasteiger partial charge in [0.2, 0.25) is 11.8 Å². The molecule has 54 heavy (non-hydrogen) atoms. The van der Waals surface area contributed by atoms with Crippen LogP contribution in [0.5, 0.6) is 11.5 Å². The summed E-state index contributed by atoms with van der Waals surface area (Å²) in [6.07, 6.45) is 2.15. The zero-order valence-corrected chi connectivity index (χ0v) is 31.2. The summed E-state index contributed by atoms with van der Waals surface area (Å²) in [5, 5.41) is 12.2. The number of ketones is 1. The van der Waals surface area contributed by atoms with Gasteiger partial charge in [0.15, 0.2) is 17.3 Å². The second-order valence-corrected chi connectivity index (χ2v) is 15.3. The Morgan fingerprint density at radius 2 is 1.63 bits per heavy atom. The minimum absolute atomic E-state index is 0.0464. The Labute approximate surface area is 322 Å². The Bertz CT molecular complexity index is 2300. The molecule has 3 fully saturated rings. The molecule has 0 spiro atoms. The van der Waals surface area contributed by atoms with Gasteiger partial charge in [-0.15, -0.1) is 0 Å². The molecule has 4 aromatic rings. The van der Waals surface area contributed by atoms with Crippen molar-refractivity contribution in [2.24, 2.45) is 23.7 Å². The number of nitrogens with zero attached hydrogens (tertiary/aromatic N) is 2. The fourth-order valence-corrected chi connectivity index (χ4v) is 9.63. The second kappa shape index (κ2) is 13.2. The first-order chi connectivity index (χ1) is 25.9. The number of aromatic hydroxyl groups is 1. The van der Waals surface area contributed by atoms with E-state index < -0.39 is 58.5 Å². The molecule has 4 aromatic carbocycles. The summed E-state index contributed by atoms with van der Waals surface area (Å²) in [6.45, 7) is 1.43. The van der Waals surface area contributed by atoms with E-state index in [1.54, 1.807) is 60.7 Å². The number of benzene rings is 4. The monoisotopic (exact) mass is 811 g/mol. The maximum atomic E-state index is 15.3. The van der Waals surface area contributed by atoms with Gasteiger partial charge < -0.3 is 9.84 Å². The molecule has 10 nitrogen and oxygen atoms in total. The van der Waals surface area contributed by atoms with Crippen molar-refractivity contribution in [2.45, 2.75) is 31.1 Å². The first-order valence-electron chi connectivity index (χ1n) is 17.3. The van der Waals surface area contributed by atoms with E-state index in [1.165, 1.54) is 38.3 Å². The van der Waals surface area contributed by atoms with E-state index in [1.807, 2.05) is 6.08 Å². The topological polar surface area (TPSA) is 133 Å². The lowest BCUT2D eigenvalue weighted by atomic mass is 9.49. The van der Waals surface area contributed by atoms with Crippen LogP contribution in [0.1, 0.15) is 47.2 Å². The number of allylic oxidation sites excluding steroid dienone is 2. The molecule has 1 saturated carbocycles. The summed E-state index contributed by atoms with van der Waals surface area (Å²) in [5.74, 6) is -6.89. The number of hydrazine groups is 1. The number of carbonyl (C=O) groups excluding carboxylic acids is 5. The number of phenols is 1. The molecular formula is C41H32BrClFN3O7. The van der Waals surface area contributed by atoms with Gasteiger partial charge in [0.1, 0.15) is 5.82 Å². The highest BCUT2D eigenvalue weighted by molar-refractivity contribution is 9.10. The van der Waals surface area contributed by atoms with Crippen molar-refractivity contribution in [2.75, 3.05) is 17.4 Å². The van der Waals surface area contributed by atoms with Crippen molar-refractivity contribution in [3.8, 4) is 11.5 Å². The highest BCUT2D eigenvalue weighted by Gasteiger charge is 2.70. The van der Waals surface area contributed by atoms with Gasteiger partial charge in [-0.05, 0) is 126 Å². The van der Waals surface area contributed by atoms with Crippen molar-refractivity contribution in [1.29, 1.82) is 0 Å². The van der Waals surface area contributed by atoms with Gasteiger partial charge in [0, 0.05) is 16.5 Å². The third-order valence-corrected chi connectivity index (χ3v) is 12.2. The lowest BCUT2D eigenvalue weighted by Gasteiger charge is -2.50. The zero-order valence-electron chi connectivity index (χ0n) is 28.9. The summed E-state index contributed by atoms with van der Waals surface area (Å²) in [4.78, 5) is 71.9. The van der Waals surface area contributed by atoms with E-state index >= 15 is 4.79 Å². The van der Waals surface area contributed by atoms with Crippen LogP contribution in [0.2, 0.25) is 5.02 Å². The number of ether oxygens (including phenoxy) is 1. The third kappa shape index (κ3) is 5.29. The van der Waals surface area contributed by atoms with Crippen LogP contribution in [0.25, 0.3) is 0 Å². The predicted octanol–water partition coefficient (Wildman–Crippen LogP) is 7.35. The SMILES string of the molecule is COc1cc(C2C3=CCC4C(=O)N(c5ccc(C(C)=O)cc5)C(=O)C4C3CC3C(=O)N(Nc4ccc(F)cc4)C(=O)C32c2ccc(Cl)cc2)cc(Br)c1O. The number of methoxy groups -OCH3 is 1. The highest BCUT2D eigenvalue weighted by atomic mass is 79.9. The molecule has 6 atom stereocenters. The molecule has 0 radical (unpaired) electrons. The van der Waals surface area contributed by atoms with Crippen molar-refractivity contribution < 1.29 is 38.2 Å². The number of halogens is 3. The zero-order chi connectivity index (χ0) is 38.2. The molecule has 274 valence electrons. The Morgan fingerprint density at radius 3 is 2.28 bits per heavy atom. The van der Waals surface area contributed by atoms with Crippen molar-refractivity contribution in [1.82, 2.24) is 5.01 Å². The normalized spacial score (nSPS) is 25.9. The van der Waals surface area contributed by atoms with E-state index in [9.17, 15) is 28.7 Å². The molecule has 2 N–H and O–H groups in total. The van der Waals surface area contributed by atoms with Gasteiger partial charge in [-0.1, -0.05) is 35.4 Å². The van der Waals surface area contributed by atoms with Crippen LogP contribution < -0.4 is 15.1 Å². The van der Waals surface area contributed by atoms with Gasteiger partial charge in [-0.2, -0.15) is 5.01 Å². The minimum Gasteiger partial charge on any atom is -0.503 e. The average molecular weight is 813 g/mol. The van der Waals surface area contributed by atoms with Gasteiger partial charge in [-0.3, -0.25) is 34.3 Å². The summed E-state index contributed by atoms with van der Waals surface area (Å²) >= 11 is 9.82. The number of Topliss-reactive ketones (excluding diaryl/α,β-unsaturated/α-hetero) is 1. The predicted molar refractivity (Wildman–Crippen MR) is 200 cm³/mol. The maximum Gasteiger partial charge on any atom is 0.260 e. The molecule has 2 saturated heterocycles. The molecule has 13 heteroatoms. The van der Waals surface area contributed by atoms with Crippen LogP contribution in [0, 0.1) is 29.5 Å². The Kier molecular flexibility index (Phi) is 8.73. The van der Waals surface area contributed by atoms with Crippen molar-refractivity contribution in [3.05, 3.63) is 129 Å². The van der Waals surface area contributed by atoms with Gasteiger partial charge in [0.05, 0.1) is 46.1 Å². The molecule has 4 aliphatic rings. The Hall–Kier alpha value is -5.33. The van der Waals surface area contributed by atoms with E-state index in [-0.39, 0.29) is 40.5 Å². The molecule has 0 bridgehead atoms. The van der Waals surface area contributed by atoms with Crippen molar-refractivity contribution in [3.63, 3.8) is 0 Å². The number of amides is 4. The molecule has 2 aliphatic heterocycles. The quantitative estimate of drug-likeness (QED) is 0.113. The second-order valence-electron chi connectivity index (χ2n) is 14.0. The first-order valence-corrected chi connectivity index (χ1v) is 18.5. The van der Waals surface area contributed by atoms with Crippen LogP contribution in [0.3, 0.4) is 0 Å². The van der Waals surface area contributed by atoms with E-state index in [4.69, 9.17) is 16.3 Å².